The van der Waals surface area contributed by atoms with Gasteiger partial charge in [-0.2, -0.15) is 0 Å². The zero-order chi connectivity index (χ0) is 24.8. The van der Waals surface area contributed by atoms with E-state index in [-0.39, 0.29) is 11.3 Å². The predicted octanol–water partition coefficient (Wildman–Crippen LogP) is 6.04. The number of nitrogens with two attached hydrogens (primary N) is 2. The third-order valence-electron chi connectivity index (χ3n) is 6.18. The summed E-state index contributed by atoms with van der Waals surface area (Å²) in [6, 6.07) is 31.7. The van der Waals surface area contributed by atoms with Crippen molar-refractivity contribution in [1.82, 2.24) is 0 Å². The number of nitrogen functional groups attached to an aromatic ring is 2. The molecule has 0 unspecified atom stereocenters. The van der Waals surface area contributed by atoms with Crippen molar-refractivity contribution in [3.8, 4) is 11.5 Å². The molecule has 0 amide bonds. The van der Waals surface area contributed by atoms with Gasteiger partial charge in [-0.05, 0) is 76.9 Å². The Hall–Kier alpha value is -4.25. The molecule has 0 radical (unpaired) electrons. The van der Waals surface area contributed by atoms with Crippen molar-refractivity contribution >= 4 is 11.5 Å². The van der Waals surface area contributed by atoms with Gasteiger partial charge in [-0.25, -0.2) is 0 Å². The van der Waals surface area contributed by atoms with Crippen LogP contribution in [0.1, 0.15) is 41.7 Å². The number of benzene rings is 4. The first-order chi connectivity index (χ1) is 16.8. The minimum absolute atomic E-state index is 0.0457. The summed E-state index contributed by atoms with van der Waals surface area (Å²) in [5, 5.41) is 7.47. The molecule has 5 heteroatoms. The van der Waals surface area contributed by atoms with Crippen molar-refractivity contribution in [1.29, 1.82) is 5.41 Å². The van der Waals surface area contributed by atoms with E-state index in [9.17, 15) is 0 Å². The Balaban J connectivity index is 1.34. The van der Waals surface area contributed by atoms with E-state index in [4.69, 9.17) is 26.4 Å². The van der Waals surface area contributed by atoms with Gasteiger partial charge in [0.2, 0.25) is 0 Å². The first kappa shape index (κ1) is 23.9. The lowest BCUT2D eigenvalue weighted by atomic mass is 9.78. The van der Waals surface area contributed by atoms with Crippen LogP contribution in [0, 0.1) is 5.41 Å². The minimum Gasteiger partial charge on any atom is -0.489 e. The van der Waals surface area contributed by atoms with Crippen molar-refractivity contribution in [2.24, 2.45) is 5.73 Å². The second-order valence-corrected chi connectivity index (χ2v) is 9.11. The summed E-state index contributed by atoms with van der Waals surface area (Å²) >= 11 is 0. The van der Waals surface area contributed by atoms with E-state index < -0.39 is 0 Å². The van der Waals surface area contributed by atoms with Crippen LogP contribution in [-0.4, -0.2) is 5.84 Å². The monoisotopic (exact) mass is 465 g/mol. The molecule has 0 spiro atoms. The fourth-order valence-corrected chi connectivity index (χ4v) is 3.91. The van der Waals surface area contributed by atoms with Crippen LogP contribution in [-0.2, 0) is 18.6 Å². The van der Waals surface area contributed by atoms with Gasteiger partial charge in [-0.15, -0.1) is 0 Å². The first-order valence-electron chi connectivity index (χ1n) is 11.6. The lowest BCUT2D eigenvalue weighted by molar-refractivity contribution is 0.300. The van der Waals surface area contributed by atoms with Crippen LogP contribution in [0.25, 0.3) is 0 Å². The molecule has 4 aromatic carbocycles. The standard InChI is InChI=1S/C30H31N3O2/c1-30(2,24-8-12-26(31)13-9-24)25-10-16-28(17-11-25)35-20-22-5-3-4-21(18-22)19-34-27-14-6-23(7-15-27)29(32)33/h3-18H,19-20,31H2,1-2H3,(H3,32,33). The van der Waals surface area contributed by atoms with Gasteiger partial charge in [0.05, 0.1) is 0 Å². The van der Waals surface area contributed by atoms with Gasteiger partial charge in [-0.3, -0.25) is 5.41 Å². The molecule has 35 heavy (non-hydrogen) atoms. The van der Waals surface area contributed by atoms with Crippen molar-refractivity contribution in [2.75, 3.05) is 5.73 Å². The topological polar surface area (TPSA) is 94.4 Å². The first-order valence-corrected chi connectivity index (χ1v) is 11.6. The number of anilines is 1. The molecule has 0 bridgehead atoms. The van der Waals surface area contributed by atoms with E-state index in [2.05, 4.69) is 44.2 Å². The van der Waals surface area contributed by atoms with Gasteiger partial charge in [-0.1, -0.05) is 56.3 Å². The molecule has 0 fully saturated rings. The molecule has 0 aliphatic carbocycles. The second-order valence-electron chi connectivity index (χ2n) is 9.11. The third-order valence-corrected chi connectivity index (χ3v) is 6.18. The molecule has 178 valence electrons. The van der Waals surface area contributed by atoms with Gasteiger partial charge < -0.3 is 20.9 Å². The number of nitrogens with one attached hydrogen (secondary N) is 1. The zero-order valence-electron chi connectivity index (χ0n) is 20.1. The van der Waals surface area contributed by atoms with E-state index in [1.54, 1.807) is 12.1 Å². The fourth-order valence-electron chi connectivity index (χ4n) is 3.91. The number of hydrogen-bond acceptors (Lipinski definition) is 4. The van der Waals surface area contributed by atoms with Gasteiger partial charge >= 0.3 is 0 Å². The molecule has 4 aromatic rings. The van der Waals surface area contributed by atoms with Gasteiger partial charge in [0.25, 0.3) is 0 Å². The molecule has 0 aliphatic rings. The Morgan fingerprint density at radius 3 is 1.66 bits per heavy atom. The molecule has 4 rings (SSSR count). The highest BCUT2D eigenvalue weighted by atomic mass is 16.5. The average Bonchev–Trinajstić information content (AvgIpc) is 2.87. The van der Waals surface area contributed by atoms with Crippen LogP contribution in [0.2, 0.25) is 0 Å². The number of hydrogen-bond donors (Lipinski definition) is 3. The molecule has 0 saturated heterocycles. The number of ether oxygens (including phenoxy) is 2. The average molecular weight is 466 g/mol. The smallest absolute Gasteiger partial charge is 0.122 e. The summed E-state index contributed by atoms with van der Waals surface area (Å²) in [6.07, 6.45) is 0. The maximum Gasteiger partial charge on any atom is 0.122 e. The number of rotatable bonds is 9. The van der Waals surface area contributed by atoms with Crippen LogP contribution in [0.15, 0.2) is 97.1 Å². The van der Waals surface area contributed by atoms with Crippen LogP contribution in [0.4, 0.5) is 5.69 Å². The molecule has 5 nitrogen and oxygen atoms in total. The summed E-state index contributed by atoms with van der Waals surface area (Å²) in [5.41, 5.74) is 17.2. The van der Waals surface area contributed by atoms with Gasteiger partial charge in [0, 0.05) is 16.7 Å². The summed E-state index contributed by atoms with van der Waals surface area (Å²) in [6.45, 7) is 5.34. The van der Waals surface area contributed by atoms with Crippen LogP contribution in [0.5, 0.6) is 11.5 Å². The highest BCUT2D eigenvalue weighted by Crippen LogP contribution is 2.33. The highest BCUT2D eigenvalue weighted by Gasteiger charge is 2.22. The summed E-state index contributed by atoms with van der Waals surface area (Å²) < 4.78 is 11.9. The zero-order valence-corrected chi connectivity index (χ0v) is 20.1. The van der Waals surface area contributed by atoms with Crippen molar-refractivity contribution in [3.63, 3.8) is 0 Å². The van der Waals surface area contributed by atoms with Crippen LogP contribution < -0.4 is 20.9 Å². The van der Waals surface area contributed by atoms with Crippen LogP contribution in [0.3, 0.4) is 0 Å². The maximum absolute atomic E-state index is 7.47. The fraction of sp³-hybridized carbons (Fsp3) is 0.167. The Labute approximate surface area is 206 Å². The predicted molar refractivity (Wildman–Crippen MR) is 142 cm³/mol. The minimum atomic E-state index is -0.132. The Bertz CT molecular complexity index is 1280. The van der Waals surface area contributed by atoms with E-state index in [1.165, 1.54) is 11.1 Å². The van der Waals surface area contributed by atoms with E-state index in [1.807, 2.05) is 54.6 Å². The van der Waals surface area contributed by atoms with E-state index in [0.717, 1.165) is 28.3 Å². The van der Waals surface area contributed by atoms with Crippen molar-refractivity contribution in [3.05, 3.63) is 125 Å². The molecule has 0 atom stereocenters. The molecule has 0 aromatic heterocycles. The SMILES string of the molecule is CC(C)(c1ccc(N)cc1)c1ccc(OCc2cccc(COc3ccc(C(=N)N)cc3)c2)cc1. The Kier molecular flexibility index (Phi) is 7.06. The lowest BCUT2D eigenvalue weighted by Crippen LogP contribution is -2.18. The summed E-state index contributed by atoms with van der Waals surface area (Å²) in [7, 11) is 0. The largest absolute Gasteiger partial charge is 0.489 e. The molecular weight excluding hydrogens is 434 g/mol. The Morgan fingerprint density at radius 1 is 0.714 bits per heavy atom. The lowest BCUT2D eigenvalue weighted by Gasteiger charge is -2.26. The van der Waals surface area contributed by atoms with Gasteiger partial charge in [0.15, 0.2) is 0 Å². The summed E-state index contributed by atoms with van der Waals surface area (Å²) in [5.74, 6) is 1.61. The quantitative estimate of drug-likeness (QED) is 0.160. The highest BCUT2D eigenvalue weighted by molar-refractivity contribution is 5.94. The molecular formula is C30H31N3O2. The molecule has 0 heterocycles. The molecule has 0 saturated carbocycles. The maximum atomic E-state index is 7.47. The molecule has 0 aliphatic heterocycles. The third kappa shape index (κ3) is 6.01. The van der Waals surface area contributed by atoms with E-state index >= 15 is 0 Å². The van der Waals surface area contributed by atoms with E-state index in [0.29, 0.717) is 18.8 Å². The number of amidine groups is 1. The van der Waals surface area contributed by atoms with Crippen molar-refractivity contribution < 1.29 is 9.47 Å². The Morgan fingerprint density at radius 2 is 1.17 bits per heavy atom. The van der Waals surface area contributed by atoms with Crippen molar-refractivity contribution in [2.45, 2.75) is 32.5 Å². The van der Waals surface area contributed by atoms with Crippen LogP contribution >= 0.6 is 0 Å². The molecule has 5 N–H and O–H groups in total. The van der Waals surface area contributed by atoms with Gasteiger partial charge in [0.1, 0.15) is 30.5 Å². The normalized spacial score (nSPS) is 11.1. The second kappa shape index (κ2) is 10.3. The summed E-state index contributed by atoms with van der Waals surface area (Å²) in [4.78, 5) is 0.